The van der Waals surface area contributed by atoms with Crippen LogP contribution >= 0.6 is 0 Å². The predicted octanol–water partition coefficient (Wildman–Crippen LogP) is 6.00. The quantitative estimate of drug-likeness (QED) is 0.0288. The van der Waals surface area contributed by atoms with Crippen LogP contribution in [0.1, 0.15) is 70.9 Å². The highest BCUT2D eigenvalue weighted by atomic mass is 32.2. The van der Waals surface area contributed by atoms with Crippen LogP contribution in [0.3, 0.4) is 0 Å². The molecule has 0 aliphatic carbocycles. The molecule has 2 aliphatic heterocycles. The Hall–Kier alpha value is -4.74. The Labute approximate surface area is 431 Å². The largest absolute Gasteiger partial charge is 0.744 e. The number of benzene rings is 4. The minimum absolute atomic E-state index is 0.0179. The van der Waals surface area contributed by atoms with E-state index in [1.54, 1.807) is 25.3 Å². The average Bonchev–Trinajstić information content (AvgIpc) is 3.68. The molecule has 6 rings (SSSR count). The van der Waals surface area contributed by atoms with Crippen molar-refractivity contribution < 1.29 is 90.0 Å². The first-order valence-electron chi connectivity index (χ1n) is 23.6. The number of aliphatic carboxylic acids is 1. The molecular weight excluding hydrogens is 1050 g/mol. The number of allylic oxidation sites excluding steroid dienone is 4. The molecular formula is C49H62N2O19S4. The number of nitrogens with zero attached hydrogens (tertiary/aromatic N) is 2. The van der Waals surface area contributed by atoms with Gasteiger partial charge in [0.05, 0.1) is 73.0 Å². The molecule has 0 saturated heterocycles. The number of carboxylic acids is 1. The van der Waals surface area contributed by atoms with Crippen LogP contribution in [0, 0.1) is 0 Å². The Kier molecular flexibility index (Phi) is 18.7. The molecule has 1 atom stereocenters. The van der Waals surface area contributed by atoms with Gasteiger partial charge in [-0.2, -0.15) is 29.8 Å². The van der Waals surface area contributed by atoms with Crippen molar-refractivity contribution in [2.75, 3.05) is 84.6 Å². The van der Waals surface area contributed by atoms with Gasteiger partial charge in [0.25, 0.3) is 30.4 Å². The molecule has 2 heterocycles. The van der Waals surface area contributed by atoms with Crippen LogP contribution < -0.4 is 4.90 Å². The summed E-state index contributed by atoms with van der Waals surface area (Å²) < 4.78 is 174. The molecule has 0 fully saturated rings. The zero-order valence-corrected chi connectivity index (χ0v) is 44.9. The van der Waals surface area contributed by atoms with Crippen molar-refractivity contribution in [3.05, 3.63) is 83.6 Å². The molecule has 0 spiro atoms. The maximum absolute atomic E-state index is 12.8. The van der Waals surface area contributed by atoms with Gasteiger partial charge in [-0.1, -0.05) is 18.6 Å². The van der Waals surface area contributed by atoms with Crippen molar-refractivity contribution in [1.29, 1.82) is 0 Å². The average molecular weight is 1110 g/mol. The van der Waals surface area contributed by atoms with Gasteiger partial charge in [-0.15, -0.1) is 0 Å². The van der Waals surface area contributed by atoms with E-state index in [-0.39, 0.29) is 60.8 Å². The molecule has 21 nitrogen and oxygen atoms in total. The zero-order valence-electron chi connectivity index (χ0n) is 41.6. The Morgan fingerprint density at radius 2 is 1.20 bits per heavy atom. The van der Waals surface area contributed by atoms with Gasteiger partial charge in [-0.3, -0.25) is 18.5 Å². The van der Waals surface area contributed by atoms with Gasteiger partial charge in [-0.05, 0) is 111 Å². The highest BCUT2D eigenvalue weighted by Crippen LogP contribution is 2.54. The smallest absolute Gasteiger partial charge is 0.303 e. The van der Waals surface area contributed by atoms with Gasteiger partial charge in [-0.25, -0.2) is 8.42 Å². The highest BCUT2D eigenvalue weighted by Gasteiger charge is 2.47. The third-order valence-corrected chi connectivity index (χ3v) is 16.6. The van der Waals surface area contributed by atoms with E-state index >= 15 is 0 Å². The second-order valence-corrected chi connectivity index (χ2v) is 24.0. The molecule has 1 unspecified atom stereocenters. The van der Waals surface area contributed by atoms with E-state index in [1.165, 1.54) is 12.1 Å². The Bertz CT molecular complexity index is 3330. The van der Waals surface area contributed by atoms with Gasteiger partial charge in [0.15, 0.2) is 5.71 Å². The highest BCUT2D eigenvalue weighted by molar-refractivity contribution is 7.87. The van der Waals surface area contributed by atoms with Crippen molar-refractivity contribution >= 4 is 85.1 Å². The van der Waals surface area contributed by atoms with Crippen LogP contribution in [-0.4, -0.2) is 153 Å². The molecule has 25 heteroatoms. The van der Waals surface area contributed by atoms with Gasteiger partial charge in [0.1, 0.15) is 21.6 Å². The first-order chi connectivity index (χ1) is 34.7. The monoisotopic (exact) mass is 1110 g/mol. The van der Waals surface area contributed by atoms with Crippen LogP contribution in [0.25, 0.3) is 21.5 Å². The fourth-order valence-corrected chi connectivity index (χ4v) is 12.5. The first kappa shape index (κ1) is 58.5. The normalized spacial score (nSPS) is 17.6. The number of hydrogen-bond donors (Lipinski definition) is 4. The number of unbranched alkanes of at least 4 members (excludes halogenated alkanes) is 2. The number of rotatable bonds is 28. The lowest BCUT2D eigenvalue weighted by Crippen LogP contribution is -2.31. The summed E-state index contributed by atoms with van der Waals surface area (Å²) in [4.78, 5) is 10.2. The van der Waals surface area contributed by atoms with E-state index in [1.807, 2.05) is 49.3 Å². The van der Waals surface area contributed by atoms with E-state index < -0.39 is 76.9 Å². The number of anilines is 1. The molecule has 0 amide bonds. The van der Waals surface area contributed by atoms with Crippen LogP contribution in [0.2, 0.25) is 0 Å². The summed E-state index contributed by atoms with van der Waals surface area (Å²) in [5.74, 6) is -0.959. The van der Waals surface area contributed by atoms with Crippen LogP contribution in [0.4, 0.5) is 11.4 Å². The van der Waals surface area contributed by atoms with Crippen LogP contribution in [0.15, 0.2) is 92.0 Å². The minimum atomic E-state index is -5.33. The number of fused-ring (bicyclic) bond motifs is 6. The van der Waals surface area contributed by atoms with Crippen LogP contribution in [0.5, 0.6) is 0 Å². The summed E-state index contributed by atoms with van der Waals surface area (Å²) >= 11 is 0. The van der Waals surface area contributed by atoms with Crippen molar-refractivity contribution in [2.45, 2.75) is 90.2 Å². The summed E-state index contributed by atoms with van der Waals surface area (Å²) in [5.41, 5.74) is 1.14. The standard InChI is InChI=1S/C49H62N2O19S4/c1-6-50-39-16-14-35-37(29-33(71(54,55)56)31-41(35)73(60,61)62)46(39)48(2,3)43(50)11-10-12-44-49(4,18-20-67-23-24-69-27-28-70-26-25-68-22-21-66-5)47-38-30-34(72(57,58)59)32-42(74(63,64)65)36(38)15-17-40(47)51(44)19-9-7-8-13-45(52)53/h10-12,14-17,29-32H,6-9,13,18-28H2,1-5H3,(H4-,52,53,54,55,56,57,58,59,60,61,62,63,64,65). The first-order valence-corrected chi connectivity index (χ1v) is 29.3. The number of carboxylic acid groups (broad SMARTS) is 1. The SMILES string of the molecule is CC[N+]1=C(/C=C/C=C2/N(CCCCCC(=O)O)c3ccc4c(S(=O)(=O)[O-])cc(S(=O)(=O)O)cc4c3C2(C)CCOCCOCCOCCOCCOC)C(C)(C)c2c1ccc1c(S(=O)(=O)O)cc(S(=O)(=O)O)cc21. The summed E-state index contributed by atoms with van der Waals surface area (Å²) in [6.07, 6.45) is 6.84. The fourth-order valence-electron chi connectivity index (χ4n) is 9.82. The Balaban J connectivity index is 1.44. The fraction of sp³-hybridized carbons (Fsp3) is 0.469. The molecule has 4 aromatic carbocycles. The molecule has 4 aromatic rings. The predicted molar refractivity (Wildman–Crippen MR) is 272 cm³/mol. The maximum atomic E-state index is 12.8. The van der Waals surface area contributed by atoms with Crippen molar-refractivity contribution in [2.24, 2.45) is 0 Å². The van der Waals surface area contributed by atoms with Gasteiger partial charge >= 0.3 is 5.97 Å². The minimum Gasteiger partial charge on any atom is -0.744 e. The number of hydrogen-bond acceptors (Lipinski definition) is 16. The number of carbonyl (C=O) groups is 1. The molecule has 2 aliphatic rings. The lowest BCUT2D eigenvalue weighted by molar-refractivity contribution is -0.433. The summed E-state index contributed by atoms with van der Waals surface area (Å²) in [5, 5.41) is 9.49. The van der Waals surface area contributed by atoms with Crippen molar-refractivity contribution in [3.8, 4) is 0 Å². The van der Waals surface area contributed by atoms with Gasteiger partial charge in [0, 0.05) is 66.6 Å². The van der Waals surface area contributed by atoms with Crippen LogP contribution in [-0.2, 0) is 79.8 Å². The van der Waals surface area contributed by atoms with E-state index in [4.69, 9.17) is 23.7 Å². The van der Waals surface area contributed by atoms with Crippen molar-refractivity contribution in [1.82, 2.24) is 0 Å². The number of methoxy groups -OCH3 is 1. The van der Waals surface area contributed by atoms with E-state index in [2.05, 4.69) is 0 Å². The second kappa shape index (κ2) is 23.7. The third-order valence-electron chi connectivity index (χ3n) is 13.2. The third kappa shape index (κ3) is 13.1. The maximum Gasteiger partial charge on any atom is 0.303 e. The molecule has 0 aromatic heterocycles. The molecule has 74 heavy (non-hydrogen) atoms. The van der Waals surface area contributed by atoms with Gasteiger partial charge in [0.2, 0.25) is 5.69 Å². The lowest BCUT2D eigenvalue weighted by atomic mass is 9.76. The molecule has 0 bridgehead atoms. The van der Waals surface area contributed by atoms with E-state index in [0.717, 1.165) is 12.1 Å². The van der Waals surface area contributed by atoms with E-state index in [9.17, 15) is 61.8 Å². The summed E-state index contributed by atoms with van der Waals surface area (Å²) in [6, 6.07) is 9.72. The molecule has 0 radical (unpaired) electrons. The topological polar surface area (TPSA) is 310 Å². The summed E-state index contributed by atoms with van der Waals surface area (Å²) in [6.45, 7) is 10.8. The molecule has 406 valence electrons. The Morgan fingerprint density at radius 1 is 0.676 bits per heavy atom. The molecule has 0 saturated carbocycles. The second-order valence-electron chi connectivity index (χ2n) is 18.4. The lowest BCUT2D eigenvalue weighted by Gasteiger charge is -2.31. The summed E-state index contributed by atoms with van der Waals surface area (Å²) in [7, 11) is -18.8. The number of ether oxygens (including phenoxy) is 5. The zero-order chi connectivity index (χ0) is 54.4. The molecule has 4 N–H and O–H groups in total. The van der Waals surface area contributed by atoms with E-state index in [0.29, 0.717) is 111 Å². The Morgan fingerprint density at radius 3 is 1.73 bits per heavy atom. The van der Waals surface area contributed by atoms with Crippen molar-refractivity contribution in [3.63, 3.8) is 0 Å². The van der Waals surface area contributed by atoms with Gasteiger partial charge < -0.3 is 38.2 Å².